The van der Waals surface area contributed by atoms with Crippen molar-refractivity contribution in [3.8, 4) is 11.1 Å². The molecule has 28 heavy (non-hydrogen) atoms. The first-order valence-corrected chi connectivity index (χ1v) is 8.66. The van der Waals surface area contributed by atoms with E-state index in [2.05, 4.69) is 10.1 Å². The monoisotopic (exact) mass is 376 g/mol. The lowest BCUT2D eigenvalue weighted by Gasteiger charge is -2.16. The topological polar surface area (TPSA) is 87.7 Å². The first-order chi connectivity index (χ1) is 13.6. The Kier molecular flexibility index (Phi) is 6.04. The third-order valence-corrected chi connectivity index (χ3v) is 4.40. The van der Waals surface area contributed by atoms with Gasteiger partial charge in [-0.25, -0.2) is 10.3 Å². The highest BCUT2D eigenvalue weighted by Gasteiger charge is 2.22. The molecule has 0 fully saturated rings. The Balaban J connectivity index is 1.84. The van der Waals surface area contributed by atoms with Gasteiger partial charge in [0.1, 0.15) is 0 Å². The first-order valence-electron chi connectivity index (χ1n) is 8.66. The van der Waals surface area contributed by atoms with Crippen LogP contribution in [-0.2, 0) is 9.53 Å². The molecule has 0 aliphatic rings. The third-order valence-electron chi connectivity index (χ3n) is 4.40. The van der Waals surface area contributed by atoms with Gasteiger partial charge in [0.25, 0.3) is 5.91 Å². The van der Waals surface area contributed by atoms with E-state index < -0.39 is 17.9 Å². The molecule has 0 aromatic heterocycles. The van der Waals surface area contributed by atoms with Gasteiger partial charge < -0.3 is 4.74 Å². The van der Waals surface area contributed by atoms with Crippen molar-refractivity contribution < 1.29 is 19.5 Å². The van der Waals surface area contributed by atoms with Gasteiger partial charge in [0, 0.05) is 5.69 Å². The van der Waals surface area contributed by atoms with Crippen LogP contribution in [-0.4, -0.2) is 24.3 Å². The summed E-state index contributed by atoms with van der Waals surface area (Å²) in [6, 6.07) is 24.2. The summed E-state index contributed by atoms with van der Waals surface area (Å²) in [5, 5.41) is 11.7. The molecule has 1 atom stereocenters. The predicted molar refractivity (Wildman–Crippen MR) is 106 cm³/mol. The minimum Gasteiger partial charge on any atom is -0.453 e. The van der Waals surface area contributed by atoms with E-state index in [0.717, 1.165) is 22.3 Å². The van der Waals surface area contributed by atoms with Crippen LogP contribution in [0.5, 0.6) is 0 Å². The molecule has 0 saturated carbocycles. The lowest BCUT2D eigenvalue weighted by Crippen LogP contribution is -2.27. The molecule has 6 nitrogen and oxygen atoms in total. The highest BCUT2D eigenvalue weighted by atomic mass is 16.5. The summed E-state index contributed by atoms with van der Waals surface area (Å²) < 4.78 is 4.57. The quantitative estimate of drug-likeness (QED) is 0.461. The maximum absolute atomic E-state index is 12.2. The molecule has 3 aromatic rings. The molecule has 0 aliphatic carbocycles. The fourth-order valence-corrected chi connectivity index (χ4v) is 2.99. The fraction of sp³-hybridized carbons (Fsp3) is 0.0909. The van der Waals surface area contributed by atoms with Crippen LogP contribution in [0.2, 0.25) is 0 Å². The van der Waals surface area contributed by atoms with Crippen molar-refractivity contribution in [3.63, 3.8) is 0 Å². The zero-order valence-electron chi connectivity index (χ0n) is 15.3. The Labute approximate surface area is 162 Å². The van der Waals surface area contributed by atoms with Gasteiger partial charge in [-0.2, -0.15) is 0 Å². The molecule has 0 aliphatic heterocycles. The lowest BCUT2D eigenvalue weighted by molar-refractivity contribution is -0.129. The van der Waals surface area contributed by atoms with Gasteiger partial charge in [-0.3, -0.25) is 15.3 Å². The normalized spacial score (nSPS) is 11.4. The highest BCUT2D eigenvalue weighted by molar-refractivity contribution is 5.87. The molecule has 142 valence electrons. The van der Waals surface area contributed by atoms with Crippen molar-refractivity contribution >= 4 is 17.7 Å². The van der Waals surface area contributed by atoms with E-state index >= 15 is 0 Å². The first kappa shape index (κ1) is 19.1. The van der Waals surface area contributed by atoms with Gasteiger partial charge in [-0.15, -0.1) is 0 Å². The number of hydroxylamine groups is 1. The van der Waals surface area contributed by atoms with Crippen molar-refractivity contribution in [2.24, 2.45) is 0 Å². The molecule has 2 amide bonds. The number of carbonyl (C=O) groups excluding carboxylic acids is 2. The Morgan fingerprint density at radius 3 is 1.89 bits per heavy atom. The average molecular weight is 376 g/mol. The molecule has 3 rings (SSSR count). The number of carbonyl (C=O) groups is 2. The zero-order chi connectivity index (χ0) is 19.9. The van der Waals surface area contributed by atoms with Crippen LogP contribution >= 0.6 is 0 Å². The summed E-state index contributed by atoms with van der Waals surface area (Å²) >= 11 is 0. The summed E-state index contributed by atoms with van der Waals surface area (Å²) in [5.74, 6) is -1.09. The second kappa shape index (κ2) is 8.83. The van der Waals surface area contributed by atoms with Crippen LogP contribution in [0.15, 0.2) is 78.9 Å². The van der Waals surface area contributed by atoms with Crippen LogP contribution in [0.25, 0.3) is 11.1 Å². The maximum Gasteiger partial charge on any atom is 0.411 e. The SMILES string of the molecule is COC(=O)Nc1ccc(-c2ccc(C(C(=O)NO)c3ccccc3)cc2)cc1. The molecule has 0 heterocycles. The van der Waals surface area contributed by atoms with Gasteiger partial charge in [0.15, 0.2) is 0 Å². The number of rotatable bonds is 5. The number of anilines is 1. The zero-order valence-corrected chi connectivity index (χ0v) is 15.3. The minimum absolute atomic E-state index is 0.489. The Morgan fingerprint density at radius 1 is 0.821 bits per heavy atom. The van der Waals surface area contributed by atoms with Crippen LogP contribution in [0, 0.1) is 0 Å². The van der Waals surface area contributed by atoms with Crippen molar-refractivity contribution in [2.75, 3.05) is 12.4 Å². The van der Waals surface area contributed by atoms with Gasteiger partial charge in [-0.1, -0.05) is 66.7 Å². The molecule has 1 unspecified atom stereocenters. The van der Waals surface area contributed by atoms with E-state index in [1.54, 1.807) is 17.6 Å². The largest absolute Gasteiger partial charge is 0.453 e. The number of ether oxygens (including phenoxy) is 1. The van der Waals surface area contributed by atoms with Gasteiger partial charge in [0.2, 0.25) is 0 Å². The van der Waals surface area contributed by atoms with E-state index in [1.807, 2.05) is 66.7 Å². The molecule has 3 aromatic carbocycles. The number of benzene rings is 3. The standard InChI is InChI=1S/C22H20N2O4/c1-28-22(26)23-19-13-11-16(12-14-19)15-7-9-18(10-8-15)20(21(25)24-27)17-5-3-2-4-6-17/h2-14,20,27H,1H3,(H,23,26)(H,24,25). The second-order valence-electron chi connectivity index (χ2n) is 6.14. The number of amides is 2. The number of hydrogen-bond donors (Lipinski definition) is 3. The highest BCUT2D eigenvalue weighted by Crippen LogP contribution is 2.28. The minimum atomic E-state index is -0.605. The predicted octanol–water partition coefficient (Wildman–Crippen LogP) is 4.17. The second-order valence-corrected chi connectivity index (χ2v) is 6.14. The number of hydrogen-bond acceptors (Lipinski definition) is 4. The molecular formula is C22H20N2O4. The lowest BCUT2D eigenvalue weighted by atomic mass is 9.89. The third kappa shape index (κ3) is 4.36. The molecule has 0 radical (unpaired) electrons. The summed E-state index contributed by atoms with van der Waals surface area (Å²) in [5.41, 5.74) is 5.87. The summed E-state index contributed by atoms with van der Waals surface area (Å²) in [7, 11) is 1.31. The maximum atomic E-state index is 12.2. The number of nitrogens with one attached hydrogen (secondary N) is 2. The van der Waals surface area contributed by atoms with Crippen molar-refractivity contribution in [3.05, 3.63) is 90.0 Å². The molecule has 0 saturated heterocycles. The smallest absolute Gasteiger partial charge is 0.411 e. The summed E-state index contributed by atoms with van der Waals surface area (Å²) in [6.07, 6.45) is -0.522. The Hall–Kier alpha value is -3.64. The van der Waals surface area contributed by atoms with E-state index in [0.29, 0.717) is 5.69 Å². The van der Waals surface area contributed by atoms with Gasteiger partial charge >= 0.3 is 6.09 Å². The van der Waals surface area contributed by atoms with E-state index in [4.69, 9.17) is 5.21 Å². The fourth-order valence-electron chi connectivity index (χ4n) is 2.99. The van der Waals surface area contributed by atoms with Gasteiger partial charge in [-0.05, 0) is 34.4 Å². The van der Waals surface area contributed by atoms with Crippen LogP contribution in [0.3, 0.4) is 0 Å². The van der Waals surface area contributed by atoms with Crippen LogP contribution in [0.1, 0.15) is 17.0 Å². The van der Waals surface area contributed by atoms with Crippen molar-refractivity contribution in [1.82, 2.24) is 5.48 Å². The molecular weight excluding hydrogens is 356 g/mol. The molecule has 3 N–H and O–H groups in total. The van der Waals surface area contributed by atoms with E-state index in [-0.39, 0.29) is 0 Å². The van der Waals surface area contributed by atoms with Crippen molar-refractivity contribution in [1.29, 1.82) is 0 Å². The summed E-state index contributed by atoms with van der Waals surface area (Å²) in [4.78, 5) is 23.5. The Morgan fingerprint density at radius 2 is 1.36 bits per heavy atom. The molecule has 0 bridgehead atoms. The van der Waals surface area contributed by atoms with Crippen LogP contribution < -0.4 is 10.8 Å². The van der Waals surface area contributed by atoms with Gasteiger partial charge in [0.05, 0.1) is 13.0 Å². The molecule has 6 heteroatoms. The Bertz CT molecular complexity index is 939. The molecule has 0 spiro atoms. The summed E-state index contributed by atoms with van der Waals surface area (Å²) in [6.45, 7) is 0. The van der Waals surface area contributed by atoms with Crippen molar-refractivity contribution in [2.45, 2.75) is 5.92 Å². The van der Waals surface area contributed by atoms with Crippen LogP contribution in [0.4, 0.5) is 10.5 Å². The average Bonchev–Trinajstić information content (AvgIpc) is 2.75. The van der Waals surface area contributed by atoms with E-state index in [1.165, 1.54) is 7.11 Å². The number of methoxy groups -OCH3 is 1. The van der Waals surface area contributed by atoms with E-state index in [9.17, 15) is 9.59 Å².